The van der Waals surface area contributed by atoms with Gasteiger partial charge >= 0.3 is 0 Å². The summed E-state index contributed by atoms with van der Waals surface area (Å²) in [6.07, 6.45) is 10.2. The van der Waals surface area contributed by atoms with E-state index in [2.05, 4.69) is 57.6 Å². The lowest BCUT2D eigenvalue weighted by Gasteiger charge is -2.36. The molecule has 0 spiro atoms. The van der Waals surface area contributed by atoms with Gasteiger partial charge in [-0.3, -0.25) is 9.59 Å². The Morgan fingerprint density at radius 2 is 1.60 bits per heavy atom. The fourth-order valence-corrected chi connectivity index (χ4v) is 6.73. The predicted molar refractivity (Wildman–Crippen MR) is 159 cm³/mol. The Bertz CT molecular complexity index is 1190. The number of benzene rings is 2. The molecule has 2 amide bonds. The van der Waals surface area contributed by atoms with Crippen LogP contribution in [0.25, 0.3) is 11.1 Å². The van der Waals surface area contributed by atoms with Gasteiger partial charge in [0, 0.05) is 43.6 Å². The summed E-state index contributed by atoms with van der Waals surface area (Å²) in [6, 6.07) is 15.5. The Morgan fingerprint density at radius 1 is 0.875 bits per heavy atom. The molecule has 0 radical (unpaired) electrons. The van der Waals surface area contributed by atoms with Crippen molar-refractivity contribution in [1.82, 2.24) is 4.90 Å². The van der Waals surface area contributed by atoms with E-state index in [1.54, 1.807) is 0 Å². The molecule has 0 unspecified atom stereocenters. The highest BCUT2D eigenvalue weighted by Crippen LogP contribution is 2.36. The summed E-state index contributed by atoms with van der Waals surface area (Å²) in [5.41, 5.74) is 11.4. The van der Waals surface area contributed by atoms with Crippen molar-refractivity contribution in [2.45, 2.75) is 82.8 Å². The molecule has 6 rings (SSSR count). The number of anilines is 2. The van der Waals surface area contributed by atoms with Crippen molar-refractivity contribution >= 4 is 23.2 Å². The van der Waals surface area contributed by atoms with E-state index in [4.69, 9.17) is 10.5 Å². The van der Waals surface area contributed by atoms with Crippen LogP contribution in [0.4, 0.5) is 11.4 Å². The van der Waals surface area contributed by atoms with Crippen LogP contribution in [0.1, 0.15) is 69.8 Å². The highest BCUT2D eigenvalue weighted by atomic mass is 16.5. The Morgan fingerprint density at radius 3 is 2.33 bits per heavy atom. The number of nitrogens with one attached hydrogen (secondary N) is 1. The average Bonchev–Trinajstić information content (AvgIpc) is 3.69. The van der Waals surface area contributed by atoms with Crippen LogP contribution in [-0.4, -0.2) is 55.1 Å². The van der Waals surface area contributed by atoms with Crippen molar-refractivity contribution < 1.29 is 14.3 Å². The second-order valence-electron chi connectivity index (χ2n) is 12.3. The van der Waals surface area contributed by atoms with E-state index in [9.17, 15) is 9.59 Å². The van der Waals surface area contributed by atoms with Crippen LogP contribution in [0.5, 0.6) is 0 Å². The molecule has 1 aliphatic heterocycles. The molecular formula is C33H44N4O3. The van der Waals surface area contributed by atoms with Gasteiger partial charge in [-0.1, -0.05) is 37.1 Å². The molecule has 3 saturated carbocycles. The number of rotatable bonds is 8. The van der Waals surface area contributed by atoms with Gasteiger partial charge < -0.3 is 25.6 Å². The maximum Gasteiger partial charge on any atom is 0.227 e. The highest BCUT2D eigenvalue weighted by Gasteiger charge is 2.37. The standard InChI is InChI=1S/C33H44N4O3/c34-28-11-13-29(14-12-28)37(33(39)25-8-9-25)22-23-4-3-7-26(20-23)27-10-15-31(36-16-18-40-19-17-36)30(21-27)35-32(38)24-5-1-2-6-24/h3-4,7,10,15,20-21,24-25,28-29H,1-2,5-6,8-9,11-14,16-19,22,34H2,(H,35,38). The van der Waals surface area contributed by atoms with Gasteiger partial charge in [-0.25, -0.2) is 0 Å². The quantitative estimate of drug-likeness (QED) is 0.469. The molecular weight excluding hydrogens is 500 g/mol. The maximum absolute atomic E-state index is 13.3. The molecule has 7 nitrogen and oxygen atoms in total. The van der Waals surface area contributed by atoms with E-state index in [-0.39, 0.29) is 29.8 Å². The van der Waals surface area contributed by atoms with Crippen LogP contribution >= 0.6 is 0 Å². The lowest BCUT2D eigenvalue weighted by molar-refractivity contribution is -0.136. The number of amides is 2. The SMILES string of the molecule is NC1CCC(N(Cc2cccc(-c3ccc(N4CCOCC4)c(NC(=O)C4CCCC4)c3)c2)C(=O)C2CC2)CC1. The van der Waals surface area contributed by atoms with Crippen molar-refractivity contribution in [3.63, 3.8) is 0 Å². The number of ether oxygens (including phenoxy) is 1. The first-order valence-electron chi connectivity index (χ1n) is 15.5. The lowest BCUT2D eigenvalue weighted by Crippen LogP contribution is -2.44. The molecule has 1 heterocycles. The summed E-state index contributed by atoms with van der Waals surface area (Å²) in [7, 11) is 0. The molecule has 0 aromatic heterocycles. The minimum atomic E-state index is 0.105. The van der Waals surface area contributed by atoms with E-state index < -0.39 is 0 Å². The lowest BCUT2D eigenvalue weighted by atomic mass is 9.90. The van der Waals surface area contributed by atoms with E-state index in [0.29, 0.717) is 25.7 Å². The number of hydrogen-bond acceptors (Lipinski definition) is 5. The number of hydrogen-bond donors (Lipinski definition) is 2. The van der Waals surface area contributed by atoms with Crippen molar-refractivity contribution in [3.8, 4) is 11.1 Å². The molecule has 2 aromatic rings. The Hall–Kier alpha value is -2.90. The van der Waals surface area contributed by atoms with Gasteiger partial charge in [0.15, 0.2) is 0 Å². The second-order valence-corrected chi connectivity index (χ2v) is 12.3. The van der Waals surface area contributed by atoms with Crippen molar-refractivity contribution in [2.75, 3.05) is 36.5 Å². The van der Waals surface area contributed by atoms with Gasteiger partial charge in [0.25, 0.3) is 0 Å². The van der Waals surface area contributed by atoms with Crippen LogP contribution in [0, 0.1) is 11.8 Å². The fraction of sp³-hybridized carbons (Fsp3) is 0.576. The number of nitrogens with two attached hydrogens (primary N) is 1. The van der Waals surface area contributed by atoms with E-state index in [1.165, 1.54) is 0 Å². The molecule has 214 valence electrons. The van der Waals surface area contributed by atoms with Crippen molar-refractivity contribution in [3.05, 3.63) is 48.0 Å². The van der Waals surface area contributed by atoms with Crippen LogP contribution < -0.4 is 16.0 Å². The molecule has 4 fully saturated rings. The largest absolute Gasteiger partial charge is 0.378 e. The number of carbonyl (C=O) groups excluding carboxylic acids is 2. The van der Waals surface area contributed by atoms with Crippen molar-refractivity contribution in [1.29, 1.82) is 0 Å². The molecule has 40 heavy (non-hydrogen) atoms. The molecule has 7 heteroatoms. The van der Waals surface area contributed by atoms with E-state index in [0.717, 1.165) is 105 Å². The van der Waals surface area contributed by atoms with Crippen LogP contribution in [0.2, 0.25) is 0 Å². The summed E-state index contributed by atoms with van der Waals surface area (Å²) in [4.78, 5) is 31.0. The van der Waals surface area contributed by atoms with Gasteiger partial charge in [-0.15, -0.1) is 0 Å². The molecule has 0 bridgehead atoms. The number of nitrogens with zero attached hydrogens (tertiary/aromatic N) is 2. The van der Waals surface area contributed by atoms with Gasteiger partial charge in [0.2, 0.25) is 11.8 Å². The topological polar surface area (TPSA) is 87.9 Å². The number of carbonyl (C=O) groups is 2. The first-order chi connectivity index (χ1) is 19.5. The zero-order valence-electron chi connectivity index (χ0n) is 23.7. The predicted octanol–water partition coefficient (Wildman–Crippen LogP) is 5.33. The third-order valence-electron chi connectivity index (χ3n) is 9.34. The Kier molecular flexibility index (Phi) is 8.40. The van der Waals surface area contributed by atoms with Gasteiger partial charge in [0.05, 0.1) is 24.6 Å². The summed E-state index contributed by atoms with van der Waals surface area (Å²) in [6.45, 7) is 3.67. The normalized spacial score (nSPS) is 23.7. The third-order valence-corrected chi connectivity index (χ3v) is 9.34. The molecule has 0 atom stereocenters. The minimum absolute atomic E-state index is 0.105. The van der Waals surface area contributed by atoms with Gasteiger partial charge in [0.1, 0.15) is 0 Å². The van der Waals surface area contributed by atoms with Crippen LogP contribution in [-0.2, 0) is 20.9 Å². The summed E-state index contributed by atoms with van der Waals surface area (Å²) in [5.74, 6) is 0.767. The van der Waals surface area contributed by atoms with Crippen LogP contribution in [0.15, 0.2) is 42.5 Å². The summed E-state index contributed by atoms with van der Waals surface area (Å²) in [5, 5.41) is 3.30. The second kappa shape index (κ2) is 12.3. The highest BCUT2D eigenvalue weighted by molar-refractivity contribution is 5.97. The zero-order chi connectivity index (χ0) is 27.5. The fourth-order valence-electron chi connectivity index (χ4n) is 6.73. The van der Waals surface area contributed by atoms with Crippen LogP contribution in [0.3, 0.4) is 0 Å². The first kappa shape index (κ1) is 27.3. The average molecular weight is 545 g/mol. The molecule has 3 aliphatic carbocycles. The smallest absolute Gasteiger partial charge is 0.227 e. The Labute approximate surface area is 238 Å². The summed E-state index contributed by atoms with van der Waals surface area (Å²) < 4.78 is 5.58. The van der Waals surface area contributed by atoms with E-state index in [1.807, 2.05) is 0 Å². The third kappa shape index (κ3) is 6.36. The summed E-state index contributed by atoms with van der Waals surface area (Å²) >= 11 is 0. The number of morpholine rings is 1. The first-order valence-corrected chi connectivity index (χ1v) is 15.5. The molecule has 4 aliphatic rings. The molecule has 3 N–H and O–H groups in total. The maximum atomic E-state index is 13.3. The monoisotopic (exact) mass is 544 g/mol. The van der Waals surface area contributed by atoms with Gasteiger partial charge in [-0.2, -0.15) is 0 Å². The zero-order valence-corrected chi connectivity index (χ0v) is 23.7. The van der Waals surface area contributed by atoms with E-state index >= 15 is 0 Å². The van der Waals surface area contributed by atoms with Crippen molar-refractivity contribution in [2.24, 2.45) is 17.6 Å². The molecule has 1 saturated heterocycles. The molecule has 2 aromatic carbocycles. The Balaban J connectivity index is 1.25. The van der Waals surface area contributed by atoms with Gasteiger partial charge in [-0.05, 0) is 86.3 Å². The minimum Gasteiger partial charge on any atom is -0.378 e.